The minimum atomic E-state index is 0.381. The molecule has 8 aromatic rings. The fourth-order valence-corrected chi connectivity index (χ4v) is 5.95. The topological polar surface area (TPSA) is 192 Å². The van der Waals surface area contributed by atoms with E-state index >= 15 is 0 Å². The average molecular weight is 777 g/mol. The van der Waals surface area contributed by atoms with Crippen molar-refractivity contribution < 1.29 is 0 Å². The van der Waals surface area contributed by atoms with E-state index in [4.69, 9.17) is 10.7 Å². The third-order valence-corrected chi connectivity index (χ3v) is 9.33. The van der Waals surface area contributed by atoms with Gasteiger partial charge >= 0.3 is 0 Å². The molecule has 0 unspecified atom stereocenters. The lowest BCUT2D eigenvalue weighted by atomic mass is 10.1. The number of nitrogens with zero attached hydrogens (tertiary/aromatic N) is 13. The van der Waals surface area contributed by atoms with E-state index in [1.54, 1.807) is 18.7 Å². The predicted octanol–water partition coefficient (Wildman–Crippen LogP) is 6.55. The van der Waals surface area contributed by atoms with Gasteiger partial charge in [-0.05, 0) is 92.1 Å². The zero-order valence-electron chi connectivity index (χ0n) is 33.6. The standard InChI is InChI=1S/C22H26N8.C20H22N8/c1-15(2)16-9-22(28-25-11-16)27-21-6-5-19-20(26-21)10-18(12-23-19)30-13-17(24-14-30)7-8-29(3)4;1-13(2)14-7-20(27-24-9-14)26-19-4-3-17-18(25-19)8-16(10-22-17)28-11-15(5-6-21)23-12-28/h5-6,9-15H,7-8H2,1-4H3,(H,26,27,28);3-4,7-13H,5-6,21H2,1-2H3,(H,25,26,27). The summed E-state index contributed by atoms with van der Waals surface area (Å²) >= 11 is 0. The molecular formula is C42H48N16. The van der Waals surface area contributed by atoms with Gasteiger partial charge in [-0.25, -0.2) is 19.9 Å². The van der Waals surface area contributed by atoms with Crippen molar-refractivity contribution in [2.45, 2.75) is 52.4 Å². The molecule has 8 aromatic heterocycles. The number of nitrogens with two attached hydrogens (primary N) is 1. The van der Waals surface area contributed by atoms with Crippen molar-refractivity contribution in [3.05, 3.63) is 121 Å². The Bertz CT molecular complexity index is 2610. The molecule has 16 nitrogen and oxygen atoms in total. The number of nitrogens with one attached hydrogen (secondary N) is 2. The van der Waals surface area contributed by atoms with E-state index in [0.29, 0.717) is 41.7 Å². The number of hydrogen-bond donors (Lipinski definition) is 3. The van der Waals surface area contributed by atoms with Crippen LogP contribution in [0.2, 0.25) is 0 Å². The summed E-state index contributed by atoms with van der Waals surface area (Å²) in [6.07, 6.45) is 16.5. The maximum absolute atomic E-state index is 5.60. The van der Waals surface area contributed by atoms with Crippen LogP contribution in [0.1, 0.15) is 62.0 Å². The molecule has 0 aliphatic heterocycles. The Hall–Kier alpha value is -6.78. The Balaban J connectivity index is 0.000000177. The molecule has 296 valence electrons. The normalized spacial score (nSPS) is 11.4. The molecule has 16 heteroatoms. The van der Waals surface area contributed by atoms with Gasteiger partial charge in [0.25, 0.3) is 0 Å². The molecular weight excluding hydrogens is 729 g/mol. The molecule has 0 radical (unpaired) electrons. The quantitative estimate of drug-likeness (QED) is 0.114. The molecule has 8 heterocycles. The highest BCUT2D eigenvalue weighted by Crippen LogP contribution is 2.23. The van der Waals surface area contributed by atoms with E-state index in [9.17, 15) is 0 Å². The second kappa shape index (κ2) is 18.0. The summed E-state index contributed by atoms with van der Waals surface area (Å²) in [7, 11) is 4.12. The zero-order chi connectivity index (χ0) is 40.6. The van der Waals surface area contributed by atoms with Gasteiger partial charge in [0.05, 0.1) is 82.3 Å². The van der Waals surface area contributed by atoms with Crippen LogP contribution in [0.25, 0.3) is 33.4 Å². The molecule has 0 aliphatic carbocycles. The van der Waals surface area contributed by atoms with Crippen LogP contribution >= 0.6 is 0 Å². The zero-order valence-corrected chi connectivity index (χ0v) is 33.6. The van der Waals surface area contributed by atoms with Crippen LogP contribution in [0.3, 0.4) is 0 Å². The Morgan fingerprint density at radius 3 is 1.52 bits per heavy atom. The first-order chi connectivity index (χ1) is 28.1. The molecule has 0 bridgehead atoms. The maximum Gasteiger partial charge on any atom is 0.154 e. The van der Waals surface area contributed by atoms with Crippen LogP contribution < -0.4 is 16.4 Å². The third kappa shape index (κ3) is 9.96. The van der Waals surface area contributed by atoms with Gasteiger partial charge in [0.1, 0.15) is 11.6 Å². The first-order valence-corrected chi connectivity index (χ1v) is 19.2. The Morgan fingerprint density at radius 1 is 0.586 bits per heavy atom. The molecule has 0 aliphatic rings. The summed E-state index contributed by atoms with van der Waals surface area (Å²) in [4.78, 5) is 29.5. The van der Waals surface area contributed by atoms with Gasteiger partial charge < -0.3 is 30.4 Å². The summed E-state index contributed by atoms with van der Waals surface area (Å²) in [5.41, 5.74) is 14.9. The number of anilines is 4. The first kappa shape index (κ1) is 39.5. The highest BCUT2D eigenvalue weighted by molar-refractivity contribution is 5.79. The maximum atomic E-state index is 5.60. The summed E-state index contributed by atoms with van der Waals surface area (Å²) < 4.78 is 3.91. The van der Waals surface area contributed by atoms with Crippen molar-refractivity contribution in [3.63, 3.8) is 0 Å². The number of rotatable bonds is 13. The Kier molecular flexibility index (Phi) is 12.2. The average Bonchev–Trinajstić information content (AvgIpc) is 3.91. The SMILES string of the molecule is CC(C)c1cnnc(Nc2ccc3ncc(-n4cnc(CCN(C)C)c4)cc3n2)c1.CC(C)c1cnnc(Nc2ccc3ncc(-n4cnc(CCN)c4)cc3n2)c1. The third-order valence-electron chi connectivity index (χ3n) is 9.33. The van der Waals surface area contributed by atoms with E-state index in [0.717, 1.165) is 75.3 Å². The van der Waals surface area contributed by atoms with E-state index in [-0.39, 0.29) is 0 Å². The smallest absolute Gasteiger partial charge is 0.154 e. The molecule has 0 atom stereocenters. The molecule has 0 aromatic carbocycles. The Labute approximate surface area is 337 Å². The van der Waals surface area contributed by atoms with Gasteiger partial charge in [-0.15, -0.1) is 10.2 Å². The van der Waals surface area contributed by atoms with E-state index in [1.165, 1.54) is 0 Å². The second-order valence-electron chi connectivity index (χ2n) is 14.8. The highest BCUT2D eigenvalue weighted by atomic mass is 15.2. The monoisotopic (exact) mass is 776 g/mol. The van der Waals surface area contributed by atoms with Gasteiger partial charge in [-0.1, -0.05) is 27.7 Å². The fourth-order valence-electron chi connectivity index (χ4n) is 5.95. The number of hydrogen-bond acceptors (Lipinski definition) is 14. The predicted molar refractivity (Wildman–Crippen MR) is 227 cm³/mol. The summed E-state index contributed by atoms with van der Waals surface area (Å²) in [5.74, 6) is 3.51. The second-order valence-corrected chi connectivity index (χ2v) is 14.8. The van der Waals surface area contributed by atoms with Gasteiger partial charge in [-0.2, -0.15) is 10.2 Å². The largest absolute Gasteiger partial charge is 0.330 e. The molecule has 0 saturated heterocycles. The van der Waals surface area contributed by atoms with Gasteiger partial charge in [0, 0.05) is 31.8 Å². The van der Waals surface area contributed by atoms with E-state index < -0.39 is 0 Å². The van der Waals surface area contributed by atoms with Crippen LogP contribution in [0, 0.1) is 0 Å². The molecule has 0 saturated carbocycles. The van der Waals surface area contributed by atoms with Crippen LogP contribution in [-0.4, -0.2) is 91.5 Å². The number of fused-ring (bicyclic) bond motifs is 2. The number of likely N-dealkylation sites (N-methyl/N-ethyl adjacent to an activating group) is 1. The van der Waals surface area contributed by atoms with Crippen molar-refractivity contribution >= 4 is 45.3 Å². The van der Waals surface area contributed by atoms with Crippen molar-refractivity contribution in [2.24, 2.45) is 5.73 Å². The summed E-state index contributed by atoms with van der Waals surface area (Å²) in [5, 5.41) is 22.9. The minimum absolute atomic E-state index is 0.381. The number of pyridine rings is 4. The van der Waals surface area contributed by atoms with Gasteiger partial charge in [0.2, 0.25) is 0 Å². The molecule has 8 rings (SSSR count). The highest BCUT2D eigenvalue weighted by Gasteiger charge is 2.10. The Morgan fingerprint density at radius 2 is 1.07 bits per heavy atom. The summed E-state index contributed by atoms with van der Waals surface area (Å²) in [6, 6.07) is 15.7. The molecule has 0 fully saturated rings. The molecule has 58 heavy (non-hydrogen) atoms. The van der Waals surface area contributed by atoms with E-state index in [2.05, 4.69) is 103 Å². The van der Waals surface area contributed by atoms with E-state index in [1.807, 2.05) is 88.8 Å². The molecule has 4 N–H and O–H groups in total. The molecule has 0 spiro atoms. The minimum Gasteiger partial charge on any atom is -0.330 e. The number of imidazole rings is 2. The fraction of sp³-hybridized carbons (Fsp3) is 0.286. The van der Waals surface area contributed by atoms with Crippen molar-refractivity contribution in [1.29, 1.82) is 0 Å². The summed E-state index contributed by atoms with van der Waals surface area (Å²) in [6.45, 7) is 10.0. The van der Waals surface area contributed by atoms with Crippen LogP contribution in [-0.2, 0) is 12.8 Å². The lowest BCUT2D eigenvalue weighted by Gasteiger charge is -2.09. The van der Waals surface area contributed by atoms with Crippen LogP contribution in [0.4, 0.5) is 23.3 Å². The number of aromatic nitrogens is 12. The lowest BCUT2D eigenvalue weighted by Crippen LogP contribution is -2.15. The first-order valence-electron chi connectivity index (χ1n) is 19.2. The molecule has 0 amide bonds. The van der Waals surface area contributed by atoms with Gasteiger partial charge in [0.15, 0.2) is 11.6 Å². The van der Waals surface area contributed by atoms with Crippen LogP contribution in [0.15, 0.2) is 98.4 Å². The van der Waals surface area contributed by atoms with Gasteiger partial charge in [-0.3, -0.25) is 9.97 Å². The lowest BCUT2D eigenvalue weighted by molar-refractivity contribution is 0.412. The van der Waals surface area contributed by atoms with Crippen LogP contribution in [0.5, 0.6) is 0 Å². The van der Waals surface area contributed by atoms with Crippen molar-refractivity contribution in [3.8, 4) is 11.4 Å². The van der Waals surface area contributed by atoms with Crippen molar-refractivity contribution in [2.75, 3.05) is 37.8 Å². The van der Waals surface area contributed by atoms with Crippen molar-refractivity contribution in [1.82, 2.24) is 64.3 Å².